The molecule has 0 bridgehead atoms. The monoisotopic (exact) mass is 335 g/mol. The molecule has 0 saturated carbocycles. The number of hydrogen-bond acceptors (Lipinski definition) is 5. The number of nitrogens with zero attached hydrogens (tertiary/aromatic N) is 2. The first-order chi connectivity index (χ1) is 9.61. The van der Waals surface area contributed by atoms with Gasteiger partial charge in [-0.15, -0.1) is 0 Å². The maximum atomic E-state index is 5.83. The van der Waals surface area contributed by atoms with Gasteiger partial charge >= 0.3 is 0 Å². The second kappa shape index (κ2) is 5.38. The number of halogens is 1. The third-order valence-electron chi connectivity index (χ3n) is 3.05. The van der Waals surface area contributed by atoms with Crippen molar-refractivity contribution in [3.8, 4) is 0 Å². The lowest BCUT2D eigenvalue weighted by molar-refractivity contribution is 0.350. The molecule has 2 heterocycles. The molecule has 0 saturated heterocycles. The summed E-state index contributed by atoms with van der Waals surface area (Å²) in [6.45, 7) is 4.35. The van der Waals surface area contributed by atoms with Gasteiger partial charge in [0.05, 0.1) is 12.6 Å². The van der Waals surface area contributed by atoms with Crippen LogP contribution in [0.3, 0.4) is 0 Å². The summed E-state index contributed by atoms with van der Waals surface area (Å²) >= 11 is 3.46. The van der Waals surface area contributed by atoms with E-state index in [1.165, 1.54) is 0 Å². The van der Waals surface area contributed by atoms with E-state index in [0.717, 1.165) is 21.2 Å². The minimum Gasteiger partial charge on any atom is -0.459 e. The third-order valence-corrected chi connectivity index (χ3v) is 3.55. The van der Waals surface area contributed by atoms with Gasteiger partial charge in [0, 0.05) is 9.86 Å². The van der Waals surface area contributed by atoms with Crippen LogP contribution in [-0.4, -0.2) is 10.1 Å². The van der Waals surface area contributed by atoms with Crippen molar-refractivity contribution in [3.05, 3.63) is 46.2 Å². The van der Waals surface area contributed by atoms with Gasteiger partial charge in [0.15, 0.2) is 5.82 Å². The van der Waals surface area contributed by atoms with E-state index < -0.39 is 0 Å². The minimum atomic E-state index is 0.0633. The van der Waals surface area contributed by atoms with Crippen LogP contribution < -0.4 is 5.32 Å². The number of fused-ring (bicyclic) bond motifs is 1. The lowest BCUT2D eigenvalue weighted by Crippen LogP contribution is -2.17. The fraction of sp³-hybridized carbons (Fsp3) is 0.286. The van der Waals surface area contributed by atoms with E-state index in [-0.39, 0.29) is 6.04 Å². The van der Waals surface area contributed by atoms with Crippen molar-refractivity contribution >= 4 is 26.9 Å². The molecule has 0 fully saturated rings. The second-order valence-corrected chi connectivity index (χ2v) is 5.58. The number of hydrogen-bond donors (Lipinski definition) is 1. The van der Waals surface area contributed by atoms with E-state index in [0.29, 0.717) is 18.3 Å². The normalized spacial score (nSPS) is 12.9. The topological polar surface area (TPSA) is 64.1 Å². The number of aryl methyl sites for hydroxylation is 1. The molecule has 0 amide bonds. The molecule has 3 rings (SSSR count). The Hall–Kier alpha value is -1.66. The zero-order valence-electron chi connectivity index (χ0n) is 11.2. The van der Waals surface area contributed by atoms with Crippen molar-refractivity contribution in [1.29, 1.82) is 0 Å². The van der Waals surface area contributed by atoms with Crippen LogP contribution in [0.2, 0.25) is 0 Å². The standard InChI is InChI=1S/C14H14BrN3O2/c1-8(16-7-14-17-9(2)18-20-14)13-6-10-5-11(15)3-4-12(10)19-13/h3-6,8,16H,7H2,1-2H3. The maximum Gasteiger partial charge on any atom is 0.240 e. The number of rotatable bonds is 4. The van der Waals surface area contributed by atoms with Gasteiger partial charge in [0.25, 0.3) is 0 Å². The Labute approximate surface area is 124 Å². The maximum absolute atomic E-state index is 5.83. The van der Waals surface area contributed by atoms with Gasteiger partial charge in [-0.1, -0.05) is 21.1 Å². The van der Waals surface area contributed by atoms with E-state index in [1.54, 1.807) is 6.92 Å². The SMILES string of the molecule is Cc1noc(CNC(C)c2cc3cc(Br)ccc3o2)n1. The fourth-order valence-corrected chi connectivity index (χ4v) is 2.38. The summed E-state index contributed by atoms with van der Waals surface area (Å²) in [7, 11) is 0. The Morgan fingerprint density at radius 3 is 2.95 bits per heavy atom. The van der Waals surface area contributed by atoms with Crippen LogP contribution in [0.1, 0.15) is 30.4 Å². The molecule has 0 aliphatic carbocycles. The Morgan fingerprint density at radius 2 is 2.20 bits per heavy atom. The number of aromatic nitrogens is 2. The molecule has 0 radical (unpaired) electrons. The molecule has 2 aromatic heterocycles. The lowest BCUT2D eigenvalue weighted by Gasteiger charge is -2.08. The van der Waals surface area contributed by atoms with Crippen molar-refractivity contribution in [2.24, 2.45) is 0 Å². The summed E-state index contributed by atoms with van der Waals surface area (Å²) in [6.07, 6.45) is 0. The molecule has 104 valence electrons. The van der Waals surface area contributed by atoms with E-state index in [1.807, 2.05) is 31.2 Å². The number of furan rings is 1. The molecule has 20 heavy (non-hydrogen) atoms. The quantitative estimate of drug-likeness (QED) is 0.786. The zero-order valence-corrected chi connectivity index (χ0v) is 12.8. The smallest absolute Gasteiger partial charge is 0.240 e. The third kappa shape index (κ3) is 2.76. The van der Waals surface area contributed by atoms with Gasteiger partial charge in [-0.25, -0.2) is 0 Å². The van der Waals surface area contributed by atoms with Crippen LogP contribution in [0.4, 0.5) is 0 Å². The highest BCUT2D eigenvalue weighted by Gasteiger charge is 2.13. The molecule has 1 N–H and O–H groups in total. The van der Waals surface area contributed by atoms with Crippen molar-refractivity contribution in [2.45, 2.75) is 26.4 Å². The summed E-state index contributed by atoms with van der Waals surface area (Å²) in [5.41, 5.74) is 0.880. The van der Waals surface area contributed by atoms with Crippen molar-refractivity contribution in [1.82, 2.24) is 15.5 Å². The summed E-state index contributed by atoms with van der Waals surface area (Å²) in [5.74, 6) is 2.10. The van der Waals surface area contributed by atoms with Gasteiger partial charge in [-0.05, 0) is 38.1 Å². The highest BCUT2D eigenvalue weighted by Crippen LogP contribution is 2.26. The summed E-state index contributed by atoms with van der Waals surface area (Å²) in [5, 5.41) is 8.14. The summed E-state index contributed by atoms with van der Waals surface area (Å²) in [6, 6.07) is 8.06. The van der Waals surface area contributed by atoms with Crippen molar-refractivity contribution in [3.63, 3.8) is 0 Å². The predicted molar refractivity (Wildman–Crippen MR) is 78.2 cm³/mol. The molecule has 6 heteroatoms. The molecule has 5 nitrogen and oxygen atoms in total. The molecule has 1 atom stereocenters. The number of benzene rings is 1. The van der Waals surface area contributed by atoms with Crippen LogP contribution in [0.15, 0.2) is 37.7 Å². The second-order valence-electron chi connectivity index (χ2n) is 4.67. The van der Waals surface area contributed by atoms with Gasteiger partial charge in [-0.2, -0.15) is 4.98 Å². The molecule has 0 aliphatic heterocycles. The molecule has 0 aliphatic rings. The molecule has 0 spiro atoms. The van der Waals surface area contributed by atoms with Crippen LogP contribution in [0, 0.1) is 6.92 Å². The van der Waals surface area contributed by atoms with Gasteiger partial charge < -0.3 is 8.94 Å². The average molecular weight is 336 g/mol. The van der Waals surface area contributed by atoms with E-state index in [2.05, 4.69) is 31.4 Å². The molecule has 1 aromatic carbocycles. The first-order valence-electron chi connectivity index (χ1n) is 6.33. The first-order valence-corrected chi connectivity index (χ1v) is 7.12. The van der Waals surface area contributed by atoms with Crippen LogP contribution in [-0.2, 0) is 6.54 Å². The first kappa shape index (κ1) is 13.3. The van der Waals surface area contributed by atoms with Gasteiger partial charge in [-0.3, -0.25) is 5.32 Å². The highest BCUT2D eigenvalue weighted by molar-refractivity contribution is 9.10. The average Bonchev–Trinajstić information content (AvgIpc) is 3.01. The van der Waals surface area contributed by atoms with E-state index in [9.17, 15) is 0 Å². The molecule has 1 unspecified atom stereocenters. The lowest BCUT2D eigenvalue weighted by atomic mass is 10.2. The summed E-state index contributed by atoms with van der Waals surface area (Å²) in [4.78, 5) is 4.15. The minimum absolute atomic E-state index is 0.0633. The molecular weight excluding hydrogens is 322 g/mol. The van der Waals surface area contributed by atoms with Gasteiger partial charge in [0.1, 0.15) is 11.3 Å². The van der Waals surface area contributed by atoms with Crippen LogP contribution in [0.25, 0.3) is 11.0 Å². The van der Waals surface area contributed by atoms with E-state index >= 15 is 0 Å². The fourth-order valence-electron chi connectivity index (χ4n) is 2.00. The summed E-state index contributed by atoms with van der Waals surface area (Å²) < 4.78 is 11.9. The highest BCUT2D eigenvalue weighted by atomic mass is 79.9. The van der Waals surface area contributed by atoms with Crippen molar-refractivity contribution < 1.29 is 8.94 Å². The Morgan fingerprint density at radius 1 is 1.35 bits per heavy atom. The largest absolute Gasteiger partial charge is 0.459 e. The Kier molecular flexibility index (Phi) is 3.58. The number of nitrogens with one attached hydrogen (secondary N) is 1. The van der Waals surface area contributed by atoms with Gasteiger partial charge in [0.2, 0.25) is 5.89 Å². The van der Waals surface area contributed by atoms with Crippen molar-refractivity contribution in [2.75, 3.05) is 0 Å². The Bertz CT molecular complexity index is 735. The molecule has 3 aromatic rings. The van der Waals surface area contributed by atoms with Crippen LogP contribution in [0.5, 0.6) is 0 Å². The van der Waals surface area contributed by atoms with E-state index in [4.69, 9.17) is 8.94 Å². The zero-order chi connectivity index (χ0) is 14.1. The Balaban J connectivity index is 1.73. The predicted octanol–water partition coefficient (Wildman–Crippen LogP) is 3.74. The molecular formula is C14H14BrN3O2. The van der Waals surface area contributed by atoms with Crippen LogP contribution >= 0.6 is 15.9 Å².